The predicted octanol–water partition coefficient (Wildman–Crippen LogP) is 4.38. The van der Waals surface area contributed by atoms with Crippen molar-refractivity contribution in [3.63, 3.8) is 0 Å². The second kappa shape index (κ2) is 7.86. The number of rotatable bonds is 5. The van der Waals surface area contributed by atoms with Crippen LogP contribution in [0.5, 0.6) is 0 Å². The average Bonchev–Trinajstić information content (AvgIpc) is 2.71. The van der Waals surface area contributed by atoms with Gasteiger partial charge in [-0.15, -0.1) is 0 Å². The van der Waals surface area contributed by atoms with Crippen molar-refractivity contribution in [1.82, 2.24) is 0 Å². The molecule has 0 bridgehead atoms. The van der Waals surface area contributed by atoms with E-state index in [0.29, 0.717) is 11.3 Å². The average molecular weight is 394 g/mol. The van der Waals surface area contributed by atoms with Gasteiger partial charge < -0.3 is 5.32 Å². The first-order valence-electron chi connectivity index (χ1n) is 8.82. The van der Waals surface area contributed by atoms with Crippen molar-refractivity contribution >= 4 is 27.3 Å². The van der Waals surface area contributed by atoms with Crippen molar-refractivity contribution < 1.29 is 13.2 Å². The van der Waals surface area contributed by atoms with E-state index in [9.17, 15) is 13.2 Å². The normalized spacial score (nSPS) is 11.1. The summed E-state index contributed by atoms with van der Waals surface area (Å²) in [6.07, 6.45) is 0. The molecular formula is C22H22N2O3S. The fourth-order valence-electron chi connectivity index (χ4n) is 2.73. The number of nitrogens with zero attached hydrogens (tertiary/aromatic N) is 1. The Hall–Kier alpha value is -3.12. The van der Waals surface area contributed by atoms with Crippen LogP contribution in [0.1, 0.15) is 21.5 Å². The molecule has 5 nitrogen and oxygen atoms in total. The number of benzene rings is 3. The summed E-state index contributed by atoms with van der Waals surface area (Å²) in [5, 5.41) is 2.86. The summed E-state index contributed by atoms with van der Waals surface area (Å²) in [4.78, 5) is 12.7. The number of aryl methyl sites for hydroxylation is 2. The van der Waals surface area contributed by atoms with Gasteiger partial charge in [0.2, 0.25) is 0 Å². The summed E-state index contributed by atoms with van der Waals surface area (Å²) in [6, 6.07) is 20.4. The molecule has 6 heteroatoms. The van der Waals surface area contributed by atoms with Gasteiger partial charge >= 0.3 is 0 Å². The molecule has 3 rings (SSSR count). The van der Waals surface area contributed by atoms with Gasteiger partial charge in [-0.2, -0.15) is 0 Å². The van der Waals surface area contributed by atoms with Crippen LogP contribution in [-0.2, 0) is 10.0 Å². The van der Waals surface area contributed by atoms with E-state index in [1.165, 1.54) is 11.4 Å². The molecule has 0 radical (unpaired) electrons. The van der Waals surface area contributed by atoms with Gasteiger partial charge in [0.15, 0.2) is 0 Å². The second-order valence-electron chi connectivity index (χ2n) is 6.59. The van der Waals surface area contributed by atoms with Crippen LogP contribution in [0.3, 0.4) is 0 Å². The van der Waals surface area contributed by atoms with E-state index in [1.807, 2.05) is 32.0 Å². The minimum absolute atomic E-state index is 0.217. The van der Waals surface area contributed by atoms with Gasteiger partial charge in [-0.25, -0.2) is 8.42 Å². The highest BCUT2D eigenvalue weighted by atomic mass is 32.2. The third-order valence-electron chi connectivity index (χ3n) is 4.66. The lowest BCUT2D eigenvalue weighted by Gasteiger charge is -2.19. The van der Waals surface area contributed by atoms with E-state index in [2.05, 4.69) is 5.32 Å². The minimum Gasteiger partial charge on any atom is -0.322 e. The topological polar surface area (TPSA) is 66.5 Å². The number of carbonyl (C=O) groups is 1. The number of hydrogen-bond acceptors (Lipinski definition) is 3. The van der Waals surface area contributed by atoms with Crippen LogP contribution in [0.4, 0.5) is 11.4 Å². The summed E-state index contributed by atoms with van der Waals surface area (Å²) in [5.41, 5.74) is 3.91. The Kier molecular flexibility index (Phi) is 5.51. The Labute approximate surface area is 165 Å². The number of hydrogen-bond donors (Lipinski definition) is 1. The maximum absolute atomic E-state index is 12.7. The van der Waals surface area contributed by atoms with E-state index in [4.69, 9.17) is 0 Å². The molecule has 1 N–H and O–H groups in total. The number of sulfonamides is 1. The molecule has 0 saturated heterocycles. The van der Waals surface area contributed by atoms with Crippen LogP contribution in [-0.4, -0.2) is 21.4 Å². The summed E-state index contributed by atoms with van der Waals surface area (Å²) >= 11 is 0. The van der Waals surface area contributed by atoms with Crippen LogP contribution in [0.15, 0.2) is 77.7 Å². The lowest BCUT2D eigenvalue weighted by molar-refractivity contribution is 0.102. The van der Waals surface area contributed by atoms with Crippen LogP contribution < -0.4 is 9.62 Å². The first-order chi connectivity index (χ1) is 13.3. The zero-order chi connectivity index (χ0) is 20.3. The molecule has 0 aromatic heterocycles. The maximum atomic E-state index is 12.7. The molecule has 0 heterocycles. The molecular weight excluding hydrogens is 372 g/mol. The van der Waals surface area contributed by atoms with Crippen molar-refractivity contribution in [3.05, 3.63) is 89.5 Å². The third-order valence-corrected chi connectivity index (χ3v) is 6.46. The van der Waals surface area contributed by atoms with Gasteiger partial charge in [0.25, 0.3) is 15.9 Å². The SMILES string of the molecule is Cc1ccc(NC(=O)c2ccc(N(C)S(=O)(=O)c3ccccc3)cc2)cc1C. The predicted molar refractivity (Wildman–Crippen MR) is 112 cm³/mol. The maximum Gasteiger partial charge on any atom is 0.264 e. The Bertz CT molecular complexity index is 1090. The number of nitrogens with one attached hydrogen (secondary N) is 1. The molecule has 0 unspecified atom stereocenters. The van der Waals surface area contributed by atoms with Crippen LogP contribution in [0.2, 0.25) is 0 Å². The van der Waals surface area contributed by atoms with Crippen molar-refractivity contribution in [1.29, 1.82) is 0 Å². The first-order valence-corrected chi connectivity index (χ1v) is 10.3. The van der Waals surface area contributed by atoms with Crippen molar-refractivity contribution in [3.8, 4) is 0 Å². The van der Waals surface area contributed by atoms with Gasteiger partial charge in [0, 0.05) is 18.3 Å². The molecule has 28 heavy (non-hydrogen) atoms. The molecule has 0 aliphatic heterocycles. The van der Waals surface area contributed by atoms with Crippen LogP contribution in [0.25, 0.3) is 0 Å². The molecule has 3 aromatic rings. The van der Waals surface area contributed by atoms with Gasteiger partial charge in [0.1, 0.15) is 0 Å². The Balaban J connectivity index is 1.77. The highest BCUT2D eigenvalue weighted by Gasteiger charge is 2.21. The molecule has 0 aliphatic rings. The van der Waals surface area contributed by atoms with E-state index < -0.39 is 10.0 Å². The van der Waals surface area contributed by atoms with Crippen LogP contribution >= 0.6 is 0 Å². The highest BCUT2D eigenvalue weighted by Crippen LogP contribution is 2.23. The lowest BCUT2D eigenvalue weighted by Crippen LogP contribution is -2.26. The molecule has 144 valence electrons. The highest BCUT2D eigenvalue weighted by molar-refractivity contribution is 7.92. The van der Waals surface area contributed by atoms with Gasteiger partial charge in [-0.3, -0.25) is 9.10 Å². The standard InChI is InChI=1S/C22H22N2O3S/c1-16-9-12-19(15-17(16)2)23-22(25)18-10-13-20(14-11-18)24(3)28(26,27)21-7-5-4-6-8-21/h4-15H,1-3H3,(H,23,25). The quantitative estimate of drug-likeness (QED) is 0.698. The second-order valence-corrected chi connectivity index (χ2v) is 8.55. The monoisotopic (exact) mass is 394 g/mol. The summed E-state index contributed by atoms with van der Waals surface area (Å²) in [6.45, 7) is 4.00. The Morgan fingerprint density at radius 2 is 1.50 bits per heavy atom. The fraction of sp³-hybridized carbons (Fsp3) is 0.136. The van der Waals surface area contributed by atoms with E-state index in [1.54, 1.807) is 54.6 Å². The first kappa shape index (κ1) is 19.6. The number of anilines is 2. The van der Waals surface area contributed by atoms with Gasteiger partial charge in [0.05, 0.1) is 10.6 Å². The Morgan fingerprint density at radius 3 is 2.11 bits per heavy atom. The zero-order valence-corrected chi connectivity index (χ0v) is 16.8. The molecule has 1 amide bonds. The summed E-state index contributed by atoms with van der Waals surface area (Å²) in [5.74, 6) is -0.247. The zero-order valence-electron chi connectivity index (χ0n) is 16.0. The van der Waals surface area contributed by atoms with E-state index >= 15 is 0 Å². The fourth-order valence-corrected chi connectivity index (χ4v) is 3.95. The largest absolute Gasteiger partial charge is 0.322 e. The number of carbonyl (C=O) groups excluding carboxylic acids is 1. The third kappa shape index (κ3) is 4.07. The molecule has 0 spiro atoms. The molecule has 0 aliphatic carbocycles. The summed E-state index contributed by atoms with van der Waals surface area (Å²) < 4.78 is 26.6. The smallest absolute Gasteiger partial charge is 0.264 e. The molecule has 3 aromatic carbocycles. The van der Waals surface area contributed by atoms with Gasteiger partial charge in [-0.05, 0) is 73.5 Å². The molecule has 0 saturated carbocycles. The minimum atomic E-state index is -3.65. The van der Waals surface area contributed by atoms with E-state index in [0.717, 1.165) is 16.8 Å². The molecule has 0 atom stereocenters. The van der Waals surface area contributed by atoms with Crippen molar-refractivity contribution in [2.45, 2.75) is 18.7 Å². The van der Waals surface area contributed by atoms with E-state index in [-0.39, 0.29) is 10.8 Å². The van der Waals surface area contributed by atoms with Crippen molar-refractivity contribution in [2.24, 2.45) is 0 Å². The lowest BCUT2D eigenvalue weighted by atomic mass is 10.1. The Morgan fingerprint density at radius 1 is 0.857 bits per heavy atom. The van der Waals surface area contributed by atoms with Gasteiger partial charge in [-0.1, -0.05) is 24.3 Å². The number of amides is 1. The van der Waals surface area contributed by atoms with Crippen LogP contribution in [0, 0.1) is 13.8 Å². The molecule has 0 fully saturated rings. The summed E-state index contributed by atoms with van der Waals surface area (Å²) in [7, 11) is -2.16. The van der Waals surface area contributed by atoms with Crippen molar-refractivity contribution in [2.75, 3.05) is 16.7 Å².